The first-order valence-corrected chi connectivity index (χ1v) is 9.60. The summed E-state index contributed by atoms with van der Waals surface area (Å²) >= 11 is 0.798. The van der Waals surface area contributed by atoms with Gasteiger partial charge in [0, 0.05) is 13.0 Å². The summed E-state index contributed by atoms with van der Waals surface area (Å²) in [6.45, 7) is 0.0378. The molecule has 9 heteroatoms. The van der Waals surface area contributed by atoms with Crippen molar-refractivity contribution < 1.29 is 29.0 Å². The van der Waals surface area contributed by atoms with Crippen molar-refractivity contribution in [2.45, 2.75) is 25.7 Å². The first kappa shape index (κ1) is 21.5. The molecule has 2 rings (SSSR count). The summed E-state index contributed by atoms with van der Waals surface area (Å²) in [5, 5.41) is 10.7. The number of rotatable bonds is 10. The minimum Gasteiger partial charge on any atom is -0.497 e. The van der Waals surface area contributed by atoms with Crippen LogP contribution in [0, 0.1) is 0 Å². The Morgan fingerprint density at radius 2 is 1.89 bits per heavy atom. The fourth-order valence-electron chi connectivity index (χ4n) is 2.49. The molecule has 1 aliphatic heterocycles. The molecule has 1 heterocycles. The Balaban J connectivity index is 1.83. The molecule has 1 fully saturated rings. The molecule has 1 saturated heterocycles. The second kappa shape index (κ2) is 10.5. The number of carboxylic acids is 1. The van der Waals surface area contributed by atoms with E-state index in [1.165, 1.54) is 0 Å². The van der Waals surface area contributed by atoms with Crippen LogP contribution in [0.2, 0.25) is 0 Å². The van der Waals surface area contributed by atoms with Crippen molar-refractivity contribution in [3.8, 4) is 5.75 Å². The molecule has 2 N–H and O–H groups in total. The standard InChI is InChI=1S/C19H22N2O6S/c1-27-14-8-6-13(7-9-14)11-15-18(25)21(19(26)28-15)12-16(22)20-10-4-2-3-5-17(23)24/h6-9,11H,2-5,10,12H2,1H3,(H,20,22)(H,23,24)/b15-11-. The third-order valence-electron chi connectivity index (χ3n) is 3.98. The number of amides is 3. The first-order valence-electron chi connectivity index (χ1n) is 8.78. The van der Waals surface area contributed by atoms with Crippen LogP contribution in [0.25, 0.3) is 6.08 Å². The van der Waals surface area contributed by atoms with Crippen molar-refractivity contribution >= 4 is 40.9 Å². The van der Waals surface area contributed by atoms with Gasteiger partial charge in [-0.25, -0.2) is 0 Å². The smallest absolute Gasteiger partial charge is 0.303 e. The number of benzene rings is 1. The van der Waals surface area contributed by atoms with E-state index in [-0.39, 0.29) is 17.9 Å². The highest BCUT2D eigenvalue weighted by atomic mass is 32.2. The molecule has 0 spiro atoms. The Hall–Kier alpha value is -2.81. The van der Waals surface area contributed by atoms with Crippen LogP contribution in [0.1, 0.15) is 31.2 Å². The lowest BCUT2D eigenvalue weighted by atomic mass is 10.2. The fraction of sp³-hybridized carbons (Fsp3) is 0.368. The lowest BCUT2D eigenvalue weighted by Gasteiger charge is -2.12. The minimum absolute atomic E-state index is 0.102. The van der Waals surface area contributed by atoms with Crippen LogP contribution in [0.15, 0.2) is 29.2 Å². The molecule has 0 aromatic heterocycles. The van der Waals surface area contributed by atoms with E-state index in [1.54, 1.807) is 37.5 Å². The van der Waals surface area contributed by atoms with E-state index < -0.39 is 23.0 Å². The zero-order valence-electron chi connectivity index (χ0n) is 15.5. The summed E-state index contributed by atoms with van der Waals surface area (Å²) in [5.41, 5.74) is 0.747. The van der Waals surface area contributed by atoms with Crippen molar-refractivity contribution in [2.24, 2.45) is 0 Å². The fourth-order valence-corrected chi connectivity index (χ4v) is 3.33. The molecule has 0 bridgehead atoms. The van der Waals surface area contributed by atoms with E-state index in [9.17, 15) is 19.2 Å². The summed E-state index contributed by atoms with van der Waals surface area (Å²) in [7, 11) is 1.56. The molecule has 0 unspecified atom stereocenters. The Bertz CT molecular complexity index is 775. The number of carboxylic acid groups (broad SMARTS) is 1. The van der Waals surface area contributed by atoms with Crippen molar-refractivity contribution in [3.63, 3.8) is 0 Å². The number of nitrogens with zero attached hydrogens (tertiary/aromatic N) is 1. The third kappa shape index (κ3) is 6.41. The largest absolute Gasteiger partial charge is 0.497 e. The second-order valence-corrected chi connectivity index (χ2v) is 7.09. The Kier molecular flexibility index (Phi) is 8.06. The third-order valence-corrected chi connectivity index (χ3v) is 4.89. The number of methoxy groups -OCH3 is 1. The van der Waals surface area contributed by atoms with E-state index in [1.807, 2.05) is 0 Å². The molecule has 8 nitrogen and oxygen atoms in total. The maximum absolute atomic E-state index is 12.4. The maximum atomic E-state index is 12.4. The summed E-state index contributed by atoms with van der Waals surface area (Å²) in [6, 6.07) is 7.04. The molecular weight excluding hydrogens is 384 g/mol. The van der Waals surface area contributed by atoms with E-state index in [4.69, 9.17) is 9.84 Å². The number of hydrogen-bond donors (Lipinski definition) is 2. The van der Waals surface area contributed by atoms with Gasteiger partial charge in [-0.2, -0.15) is 0 Å². The van der Waals surface area contributed by atoms with Gasteiger partial charge in [0.1, 0.15) is 12.3 Å². The van der Waals surface area contributed by atoms with Gasteiger partial charge in [0.2, 0.25) is 5.91 Å². The van der Waals surface area contributed by atoms with Gasteiger partial charge in [-0.05, 0) is 48.4 Å². The SMILES string of the molecule is COc1ccc(/C=C2\SC(=O)N(CC(=O)NCCCCCC(=O)O)C2=O)cc1. The number of thioether (sulfide) groups is 1. The van der Waals surface area contributed by atoms with E-state index >= 15 is 0 Å². The van der Waals surface area contributed by atoms with E-state index in [0.29, 0.717) is 31.6 Å². The molecule has 3 amide bonds. The van der Waals surface area contributed by atoms with Gasteiger partial charge in [0.25, 0.3) is 11.1 Å². The van der Waals surface area contributed by atoms with Crippen LogP contribution in [-0.2, 0) is 14.4 Å². The Morgan fingerprint density at radius 3 is 2.54 bits per heavy atom. The highest BCUT2D eigenvalue weighted by Crippen LogP contribution is 2.32. The highest BCUT2D eigenvalue weighted by Gasteiger charge is 2.36. The summed E-state index contributed by atoms with van der Waals surface area (Å²) in [4.78, 5) is 48.0. The van der Waals surface area contributed by atoms with Crippen LogP contribution in [-0.4, -0.2) is 53.2 Å². The molecule has 0 saturated carbocycles. The second-order valence-electron chi connectivity index (χ2n) is 6.10. The van der Waals surface area contributed by atoms with Crippen LogP contribution in [0.3, 0.4) is 0 Å². The van der Waals surface area contributed by atoms with Crippen LogP contribution < -0.4 is 10.1 Å². The normalized spacial score (nSPS) is 15.2. The van der Waals surface area contributed by atoms with Gasteiger partial charge in [0.15, 0.2) is 0 Å². The lowest BCUT2D eigenvalue weighted by Crippen LogP contribution is -2.39. The number of hydrogen-bond acceptors (Lipinski definition) is 6. The molecule has 1 aliphatic rings. The van der Waals surface area contributed by atoms with Crippen LogP contribution >= 0.6 is 11.8 Å². The topological polar surface area (TPSA) is 113 Å². The minimum atomic E-state index is -0.842. The summed E-state index contributed by atoms with van der Waals surface area (Å²) in [5.74, 6) is -1.08. The Labute approximate surface area is 166 Å². The molecular formula is C19H22N2O6S. The van der Waals surface area contributed by atoms with Crippen LogP contribution in [0.5, 0.6) is 5.75 Å². The van der Waals surface area contributed by atoms with Gasteiger partial charge in [0.05, 0.1) is 12.0 Å². The molecule has 0 radical (unpaired) electrons. The zero-order chi connectivity index (χ0) is 20.5. The highest BCUT2D eigenvalue weighted by molar-refractivity contribution is 8.18. The number of aliphatic carboxylic acids is 1. The van der Waals surface area contributed by atoms with Crippen molar-refractivity contribution in [3.05, 3.63) is 34.7 Å². The number of carbonyl (C=O) groups is 4. The zero-order valence-corrected chi connectivity index (χ0v) is 16.3. The van der Waals surface area contributed by atoms with E-state index in [2.05, 4.69) is 5.32 Å². The number of nitrogens with one attached hydrogen (secondary N) is 1. The lowest BCUT2D eigenvalue weighted by molar-refractivity contribution is -0.137. The molecule has 0 aliphatic carbocycles. The number of imide groups is 1. The quantitative estimate of drug-likeness (QED) is 0.453. The van der Waals surface area contributed by atoms with Crippen molar-refractivity contribution in [2.75, 3.05) is 20.2 Å². The summed E-state index contributed by atoms with van der Waals surface area (Å²) < 4.78 is 5.08. The predicted molar refractivity (Wildman–Crippen MR) is 105 cm³/mol. The molecule has 28 heavy (non-hydrogen) atoms. The molecule has 0 atom stereocenters. The predicted octanol–water partition coefficient (Wildman–Crippen LogP) is 2.49. The average molecular weight is 406 g/mol. The average Bonchev–Trinajstić information content (AvgIpc) is 2.92. The van der Waals surface area contributed by atoms with E-state index in [0.717, 1.165) is 22.2 Å². The molecule has 1 aromatic carbocycles. The van der Waals surface area contributed by atoms with Gasteiger partial charge >= 0.3 is 5.97 Å². The van der Waals surface area contributed by atoms with Crippen molar-refractivity contribution in [1.29, 1.82) is 0 Å². The van der Waals surface area contributed by atoms with Gasteiger partial charge in [-0.15, -0.1) is 0 Å². The first-order chi connectivity index (χ1) is 13.4. The number of unbranched alkanes of at least 4 members (excludes halogenated alkanes) is 2. The summed E-state index contributed by atoms with van der Waals surface area (Å²) in [6.07, 6.45) is 3.57. The van der Waals surface area contributed by atoms with Crippen molar-refractivity contribution in [1.82, 2.24) is 10.2 Å². The van der Waals surface area contributed by atoms with Crippen LogP contribution in [0.4, 0.5) is 4.79 Å². The molecule has 150 valence electrons. The Morgan fingerprint density at radius 1 is 1.18 bits per heavy atom. The van der Waals surface area contributed by atoms with Gasteiger partial charge in [-0.1, -0.05) is 18.6 Å². The maximum Gasteiger partial charge on any atom is 0.303 e. The number of ether oxygens (including phenoxy) is 1. The van der Waals surface area contributed by atoms with Gasteiger partial charge < -0.3 is 15.2 Å². The molecule has 1 aromatic rings. The number of carbonyl (C=O) groups excluding carboxylic acids is 3. The monoisotopic (exact) mass is 406 g/mol. The van der Waals surface area contributed by atoms with Gasteiger partial charge in [-0.3, -0.25) is 24.1 Å².